The smallest absolute Gasteiger partial charge is 0.164 e. The lowest BCUT2D eigenvalue weighted by Gasteiger charge is -2.29. The first-order valence-corrected chi connectivity index (χ1v) is 7.23. The molecule has 0 saturated carbocycles. The second kappa shape index (κ2) is 6.16. The molecule has 0 saturated heterocycles. The van der Waals surface area contributed by atoms with Crippen molar-refractivity contribution in [1.82, 2.24) is 0 Å². The Hall–Kier alpha value is -0.710. The van der Waals surface area contributed by atoms with Crippen LogP contribution in [0.4, 0.5) is 0 Å². The summed E-state index contributed by atoms with van der Waals surface area (Å²) < 4.78 is 11.4. The number of rotatable bonds is 6. The average Bonchev–Trinajstić information content (AvgIpc) is 2.67. The summed E-state index contributed by atoms with van der Waals surface area (Å²) in [5.41, 5.74) is 1.87. The van der Waals surface area contributed by atoms with Crippen molar-refractivity contribution in [3.05, 3.63) is 33.8 Å². The third-order valence-corrected chi connectivity index (χ3v) is 4.42. The summed E-state index contributed by atoms with van der Waals surface area (Å²) in [6, 6.07) is 6.00. The maximum Gasteiger partial charge on any atom is 0.164 e. The molecule has 0 bridgehead atoms. The molecule has 1 aromatic carbocycles. The highest BCUT2D eigenvalue weighted by Crippen LogP contribution is 2.44. The van der Waals surface area contributed by atoms with E-state index in [1.165, 1.54) is 0 Å². The predicted octanol–water partition coefficient (Wildman–Crippen LogP) is 3.35. The fraction of sp³-hybridized carbons (Fsp3) is 0.533. The van der Waals surface area contributed by atoms with Gasteiger partial charge in [0.2, 0.25) is 0 Å². The first-order valence-electron chi connectivity index (χ1n) is 6.44. The lowest BCUT2D eigenvalue weighted by molar-refractivity contribution is 0.0926. The molecule has 0 aliphatic heterocycles. The van der Waals surface area contributed by atoms with Crippen LogP contribution in [0.15, 0.2) is 22.7 Å². The standard InChI is InChI=1S/C15H19BrO3/c1-18-7-5-15(6-8-19-2)10-14(17)12-9-11(16)3-4-13(12)15/h3-4,9H,5-8,10H2,1-2H3. The highest BCUT2D eigenvalue weighted by molar-refractivity contribution is 9.10. The van der Waals surface area contributed by atoms with Crippen LogP contribution in [0.1, 0.15) is 35.2 Å². The number of halogens is 1. The van der Waals surface area contributed by atoms with Gasteiger partial charge in [0, 0.05) is 49.3 Å². The van der Waals surface area contributed by atoms with Crippen LogP contribution in [0.5, 0.6) is 0 Å². The van der Waals surface area contributed by atoms with Crippen LogP contribution in [0.3, 0.4) is 0 Å². The summed E-state index contributed by atoms with van der Waals surface area (Å²) in [6.45, 7) is 1.32. The topological polar surface area (TPSA) is 35.5 Å². The van der Waals surface area contributed by atoms with Crippen LogP contribution in [-0.2, 0) is 14.9 Å². The Bertz CT molecular complexity index is 462. The molecule has 0 spiro atoms. The third-order valence-electron chi connectivity index (χ3n) is 3.92. The molecule has 0 atom stereocenters. The first-order chi connectivity index (χ1) is 9.13. The van der Waals surface area contributed by atoms with Gasteiger partial charge in [-0.2, -0.15) is 0 Å². The van der Waals surface area contributed by atoms with Crippen molar-refractivity contribution in [1.29, 1.82) is 0 Å². The molecule has 0 N–H and O–H groups in total. The zero-order valence-corrected chi connectivity index (χ0v) is 13.0. The quantitative estimate of drug-likeness (QED) is 0.804. The number of hydrogen-bond acceptors (Lipinski definition) is 3. The lowest BCUT2D eigenvalue weighted by Crippen LogP contribution is -2.27. The van der Waals surface area contributed by atoms with Crippen molar-refractivity contribution in [2.75, 3.05) is 27.4 Å². The maximum atomic E-state index is 12.3. The number of hydrogen-bond donors (Lipinski definition) is 0. The number of carbonyl (C=O) groups is 1. The average molecular weight is 327 g/mol. The fourth-order valence-electron chi connectivity index (χ4n) is 2.87. The van der Waals surface area contributed by atoms with E-state index in [2.05, 4.69) is 22.0 Å². The summed E-state index contributed by atoms with van der Waals surface area (Å²) >= 11 is 3.43. The van der Waals surface area contributed by atoms with Gasteiger partial charge in [-0.3, -0.25) is 4.79 Å². The van der Waals surface area contributed by atoms with Crippen molar-refractivity contribution in [3.8, 4) is 0 Å². The van der Waals surface area contributed by atoms with E-state index in [1.54, 1.807) is 14.2 Å². The SMILES string of the molecule is COCCC1(CCOC)CC(=O)c2cc(Br)ccc21. The molecule has 1 aliphatic rings. The Kier molecular flexibility index (Phi) is 4.76. The van der Waals surface area contributed by atoms with Crippen molar-refractivity contribution in [2.24, 2.45) is 0 Å². The van der Waals surface area contributed by atoms with Crippen molar-refractivity contribution >= 4 is 21.7 Å². The molecule has 0 aromatic heterocycles. The van der Waals surface area contributed by atoms with Gasteiger partial charge in [-0.25, -0.2) is 0 Å². The van der Waals surface area contributed by atoms with E-state index in [1.807, 2.05) is 12.1 Å². The van der Waals surface area contributed by atoms with Crippen LogP contribution >= 0.6 is 15.9 Å². The Morgan fingerprint density at radius 2 is 1.84 bits per heavy atom. The second-order valence-corrected chi connectivity index (χ2v) is 5.97. The Morgan fingerprint density at radius 1 is 1.21 bits per heavy atom. The molecule has 0 heterocycles. The van der Waals surface area contributed by atoms with Gasteiger partial charge in [0.25, 0.3) is 0 Å². The van der Waals surface area contributed by atoms with Crippen LogP contribution < -0.4 is 0 Å². The van der Waals surface area contributed by atoms with E-state index in [0.717, 1.165) is 28.4 Å². The molecule has 3 nitrogen and oxygen atoms in total. The van der Waals surface area contributed by atoms with E-state index in [-0.39, 0.29) is 11.2 Å². The highest BCUT2D eigenvalue weighted by Gasteiger charge is 2.42. The zero-order valence-electron chi connectivity index (χ0n) is 11.4. The van der Waals surface area contributed by atoms with Gasteiger partial charge in [-0.15, -0.1) is 0 Å². The van der Waals surface area contributed by atoms with Crippen LogP contribution in [0.2, 0.25) is 0 Å². The van der Waals surface area contributed by atoms with Crippen molar-refractivity contribution in [3.63, 3.8) is 0 Å². The normalized spacial score (nSPS) is 16.7. The van der Waals surface area contributed by atoms with Crippen LogP contribution in [0, 0.1) is 0 Å². The number of fused-ring (bicyclic) bond motifs is 1. The summed E-state index contributed by atoms with van der Waals surface area (Å²) in [4.78, 5) is 12.3. The monoisotopic (exact) mass is 326 g/mol. The molecule has 2 rings (SSSR count). The molecule has 0 radical (unpaired) electrons. The van der Waals surface area contributed by atoms with E-state index < -0.39 is 0 Å². The van der Waals surface area contributed by atoms with Crippen LogP contribution in [-0.4, -0.2) is 33.2 Å². The van der Waals surface area contributed by atoms with Gasteiger partial charge >= 0.3 is 0 Å². The van der Waals surface area contributed by atoms with Gasteiger partial charge in [-0.05, 0) is 30.5 Å². The number of benzene rings is 1. The van der Waals surface area contributed by atoms with Crippen molar-refractivity contribution in [2.45, 2.75) is 24.7 Å². The molecule has 1 aliphatic carbocycles. The molecule has 1 aromatic rings. The molecule has 104 valence electrons. The molecule has 19 heavy (non-hydrogen) atoms. The molecule has 0 unspecified atom stereocenters. The number of ketones is 1. The minimum absolute atomic E-state index is 0.126. The highest BCUT2D eigenvalue weighted by atomic mass is 79.9. The number of Topliss-reactive ketones (excluding diaryl/α,β-unsaturated/α-hetero) is 1. The third kappa shape index (κ3) is 2.91. The van der Waals surface area contributed by atoms with Gasteiger partial charge in [-0.1, -0.05) is 22.0 Å². The number of carbonyl (C=O) groups excluding carboxylic acids is 1. The van der Waals surface area contributed by atoms with Gasteiger partial charge in [0.1, 0.15) is 0 Å². The predicted molar refractivity (Wildman–Crippen MR) is 77.8 cm³/mol. The second-order valence-electron chi connectivity index (χ2n) is 5.06. The summed E-state index contributed by atoms with van der Waals surface area (Å²) in [6.07, 6.45) is 2.27. The number of ether oxygens (including phenoxy) is 2. The lowest BCUT2D eigenvalue weighted by atomic mass is 9.76. The van der Waals surface area contributed by atoms with Crippen LogP contribution in [0.25, 0.3) is 0 Å². The summed E-state index contributed by atoms with van der Waals surface area (Å²) in [5, 5.41) is 0. The minimum atomic E-state index is -0.126. The molecule has 4 heteroatoms. The van der Waals surface area contributed by atoms with E-state index in [9.17, 15) is 4.79 Å². The maximum absolute atomic E-state index is 12.3. The first kappa shape index (κ1) is 14.7. The Balaban J connectivity index is 2.37. The summed E-state index contributed by atoms with van der Waals surface area (Å²) in [5.74, 6) is 0.225. The molecular formula is C15H19BrO3. The fourth-order valence-corrected chi connectivity index (χ4v) is 3.23. The van der Waals surface area contributed by atoms with Crippen molar-refractivity contribution < 1.29 is 14.3 Å². The van der Waals surface area contributed by atoms with Gasteiger partial charge < -0.3 is 9.47 Å². The number of methoxy groups -OCH3 is 2. The minimum Gasteiger partial charge on any atom is -0.385 e. The van der Waals surface area contributed by atoms with E-state index in [0.29, 0.717) is 19.6 Å². The van der Waals surface area contributed by atoms with E-state index in [4.69, 9.17) is 9.47 Å². The van der Waals surface area contributed by atoms with Gasteiger partial charge in [0.05, 0.1) is 0 Å². The zero-order chi connectivity index (χ0) is 13.9. The Labute approximate surface area is 122 Å². The molecule has 0 amide bonds. The molecule has 0 fully saturated rings. The molecular weight excluding hydrogens is 308 g/mol. The van der Waals surface area contributed by atoms with E-state index >= 15 is 0 Å². The Morgan fingerprint density at radius 3 is 2.42 bits per heavy atom. The van der Waals surface area contributed by atoms with Gasteiger partial charge in [0.15, 0.2) is 5.78 Å². The largest absolute Gasteiger partial charge is 0.385 e. The summed E-state index contributed by atoms with van der Waals surface area (Å²) in [7, 11) is 3.40.